The van der Waals surface area contributed by atoms with E-state index in [1.807, 2.05) is 25.1 Å². The Morgan fingerprint density at radius 2 is 1.59 bits per heavy atom. The lowest BCUT2D eigenvalue weighted by atomic mass is 10.1. The Labute approximate surface area is 288 Å². The number of nitrogens with one attached hydrogen (secondary N) is 2. The monoisotopic (exact) mass is 706 g/mol. The number of aromatic nitrogens is 1. The largest absolute Gasteiger partial charge is 0.444 e. The van der Waals surface area contributed by atoms with E-state index < -0.39 is 34.4 Å². The molecule has 9 nitrogen and oxygen atoms in total. The second-order valence-electron chi connectivity index (χ2n) is 10.8. The minimum absolute atomic E-state index is 0.0525. The Morgan fingerprint density at radius 1 is 0.935 bits per heavy atom. The van der Waals surface area contributed by atoms with Crippen LogP contribution in [0.3, 0.4) is 0 Å². The lowest BCUT2D eigenvalue weighted by molar-refractivity contribution is -0.123. The van der Waals surface area contributed by atoms with Crippen LogP contribution in [0.5, 0.6) is 0 Å². The number of halogens is 4. The first-order valence-electron chi connectivity index (χ1n) is 14.1. The molecule has 0 spiro atoms. The van der Waals surface area contributed by atoms with Crippen molar-refractivity contribution in [2.45, 2.75) is 44.2 Å². The van der Waals surface area contributed by atoms with Gasteiger partial charge in [0, 0.05) is 40.5 Å². The summed E-state index contributed by atoms with van der Waals surface area (Å²) >= 11 is 23.2. The average Bonchev–Trinajstić information content (AvgIpc) is 3.56. The van der Waals surface area contributed by atoms with Gasteiger partial charge in [-0.1, -0.05) is 100 Å². The molecule has 0 aliphatic heterocycles. The van der Waals surface area contributed by atoms with Crippen molar-refractivity contribution in [3.05, 3.63) is 106 Å². The molecule has 1 aromatic heterocycles. The van der Waals surface area contributed by atoms with Crippen molar-refractivity contribution in [2.24, 2.45) is 0 Å². The van der Waals surface area contributed by atoms with Crippen molar-refractivity contribution in [1.82, 2.24) is 15.8 Å². The number of rotatable bonds is 9. The van der Waals surface area contributed by atoms with Gasteiger partial charge in [-0.15, -0.1) is 0 Å². The van der Waals surface area contributed by atoms with Crippen molar-refractivity contribution < 1.29 is 23.6 Å². The highest BCUT2D eigenvalue weighted by Crippen LogP contribution is 2.26. The predicted octanol–water partition coefficient (Wildman–Crippen LogP) is 8.16. The van der Waals surface area contributed by atoms with E-state index in [1.165, 1.54) is 11.1 Å². The molecular weight excluding hydrogens is 674 g/mol. The lowest BCUT2D eigenvalue weighted by Gasteiger charge is -2.26. The molecule has 1 heterocycles. The Morgan fingerprint density at radius 3 is 2.15 bits per heavy atom. The molecule has 3 aromatic carbocycles. The van der Waals surface area contributed by atoms with Gasteiger partial charge in [0.25, 0.3) is 5.91 Å². The number of carbonyl (C=O) groups is 3. The summed E-state index contributed by atoms with van der Waals surface area (Å²) in [6.07, 6.45) is 0.785. The van der Waals surface area contributed by atoms with Gasteiger partial charge in [0.05, 0.1) is 6.20 Å². The van der Waals surface area contributed by atoms with Crippen LogP contribution in [0.2, 0.25) is 10.0 Å². The number of alkyl halides is 2. The van der Waals surface area contributed by atoms with Crippen molar-refractivity contribution in [3.63, 3.8) is 0 Å². The van der Waals surface area contributed by atoms with E-state index in [9.17, 15) is 14.4 Å². The molecule has 4 rings (SSSR count). The molecule has 13 heteroatoms. The van der Waals surface area contributed by atoms with E-state index in [0.717, 1.165) is 15.6 Å². The van der Waals surface area contributed by atoms with Crippen molar-refractivity contribution in [3.8, 4) is 11.3 Å². The summed E-state index contributed by atoms with van der Waals surface area (Å²) in [6.45, 7) is 7.20. The molecule has 0 aliphatic carbocycles. The molecule has 244 valence electrons. The molecule has 46 heavy (non-hydrogen) atoms. The lowest BCUT2D eigenvalue weighted by Crippen LogP contribution is -2.45. The molecule has 4 aromatic rings. The van der Waals surface area contributed by atoms with Crippen LogP contribution >= 0.6 is 46.4 Å². The van der Waals surface area contributed by atoms with Gasteiger partial charge in [-0.3, -0.25) is 9.59 Å². The Kier molecular flexibility index (Phi) is 13.8. The molecule has 0 saturated carbocycles. The molecule has 1 atom stereocenters. The highest BCUT2D eigenvalue weighted by molar-refractivity contribution is 6.54. The number of nitrogens with zero attached hydrogens (tertiary/aromatic N) is 2. The van der Waals surface area contributed by atoms with E-state index in [2.05, 4.69) is 15.8 Å². The fraction of sp³-hybridized carbons (Fsp3) is 0.273. The second-order valence-corrected chi connectivity index (χ2v) is 12.8. The summed E-state index contributed by atoms with van der Waals surface area (Å²) < 4.78 is 10.5. The average molecular weight is 708 g/mol. The third-order valence-corrected chi connectivity index (χ3v) is 7.42. The highest BCUT2D eigenvalue weighted by atomic mass is 35.5. The molecule has 0 saturated heterocycles. The van der Waals surface area contributed by atoms with Crippen LogP contribution in [0, 0.1) is 6.92 Å². The van der Waals surface area contributed by atoms with E-state index in [4.69, 9.17) is 55.7 Å². The topological polar surface area (TPSA) is 114 Å². The maximum Gasteiger partial charge on any atom is 0.408 e. The Balaban J connectivity index is 0.000000549. The van der Waals surface area contributed by atoms with Crippen LogP contribution in [-0.2, 0) is 14.3 Å². The minimum Gasteiger partial charge on any atom is -0.444 e. The molecule has 0 radical (unpaired) electrons. The number of alkyl carbamates (subject to hydrolysis) is 1. The van der Waals surface area contributed by atoms with Crippen LogP contribution in [0.4, 0.5) is 10.5 Å². The third-order valence-electron chi connectivity index (χ3n) is 6.23. The first-order chi connectivity index (χ1) is 21.8. The number of benzene rings is 3. The van der Waals surface area contributed by atoms with Crippen molar-refractivity contribution >= 4 is 70.0 Å². The summed E-state index contributed by atoms with van der Waals surface area (Å²) in [7, 11) is 0. The number of carbonyl (C=O) groups excluding carboxylic acids is 3. The summed E-state index contributed by atoms with van der Waals surface area (Å²) in [5.74, 6) is -0.512. The molecular formula is C33H34Cl4N4O5. The quantitative estimate of drug-likeness (QED) is 0.170. The molecule has 0 aliphatic rings. The van der Waals surface area contributed by atoms with E-state index in [-0.39, 0.29) is 13.1 Å². The van der Waals surface area contributed by atoms with Crippen LogP contribution in [0.15, 0.2) is 89.6 Å². The van der Waals surface area contributed by atoms with E-state index in [1.54, 1.807) is 81.4 Å². The van der Waals surface area contributed by atoms with Gasteiger partial charge in [-0.25, -0.2) is 4.79 Å². The van der Waals surface area contributed by atoms with Gasteiger partial charge in [0.1, 0.15) is 11.6 Å². The number of ether oxygens (including phenoxy) is 1. The third kappa shape index (κ3) is 11.2. The minimum atomic E-state index is -1.31. The van der Waals surface area contributed by atoms with Crippen LogP contribution < -0.4 is 15.5 Å². The van der Waals surface area contributed by atoms with Gasteiger partial charge in [0.2, 0.25) is 5.91 Å². The standard InChI is InChI=1S/C26H28Cl2N4O5.C7H6Cl2/c1-26(2,3)36-25(35)31-21(17-8-5-4-6-9-17)23(33)29-14-15-32(24(34)22(27)28)19-11-7-10-18(16-19)20-12-13-30-37-20;1-5-6(8)3-2-4-7(5)9/h4-13,16,21-22H,14-15H2,1-3H3,(H,29,33)(H,31,35);2-4H,1H3. The highest BCUT2D eigenvalue weighted by Gasteiger charge is 2.27. The van der Waals surface area contributed by atoms with E-state index >= 15 is 0 Å². The molecule has 1 unspecified atom stereocenters. The van der Waals surface area contributed by atoms with Gasteiger partial charge in [-0.2, -0.15) is 0 Å². The smallest absolute Gasteiger partial charge is 0.408 e. The SMILES string of the molecule is CC(C)(C)OC(=O)NC(C(=O)NCCN(C(=O)C(Cl)Cl)c1cccc(-c2ccno2)c1)c1ccccc1.Cc1c(Cl)cccc1Cl. The Hall–Kier alpha value is -3.76. The first-order valence-corrected chi connectivity index (χ1v) is 15.7. The summed E-state index contributed by atoms with van der Waals surface area (Å²) in [5.41, 5.74) is 1.98. The zero-order chi connectivity index (χ0) is 33.9. The number of hydrogen-bond acceptors (Lipinski definition) is 6. The zero-order valence-electron chi connectivity index (χ0n) is 25.6. The zero-order valence-corrected chi connectivity index (χ0v) is 28.6. The molecule has 0 fully saturated rings. The number of anilines is 1. The van der Waals surface area contributed by atoms with Crippen LogP contribution in [0.25, 0.3) is 11.3 Å². The van der Waals surface area contributed by atoms with Crippen molar-refractivity contribution in [2.75, 3.05) is 18.0 Å². The van der Waals surface area contributed by atoms with Gasteiger partial charge in [-0.05, 0) is 63.1 Å². The Bertz CT molecular complexity index is 1580. The van der Waals surface area contributed by atoms with Crippen LogP contribution in [0.1, 0.15) is 37.9 Å². The van der Waals surface area contributed by atoms with Gasteiger partial charge >= 0.3 is 6.09 Å². The summed E-state index contributed by atoms with van der Waals surface area (Å²) in [6, 6.07) is 21.9. The number of amides is 3. The summed E-state index contributed by atoms with van der Waals surface area (Å²) in [5, 5.41) is 10.5. The number of hydrogen-bond donors (Lipinski definition) is 2. The fourth-order valence-corrected chi connectivity index (χ4v) is 4.65. The van der Waals surface area contributed by atoms with Crippen LogP contribution in [-0.4, -0.2) is 46.6 Å². The molecule has 0 bridgehead atoms. The van der Waals surface area contributed by atoms with Crippen molar-refractivity contribution in [1.29, 1.82) is 0 Å². The fourth-order valence-electron chi connectivity index (χ4n) is 4.02. The van der Waals surface area contributed by atoms with Gasteiger partial charge in [0.15, 0.2) is 10.6 Å². The normalized spacial score (nSPS) is 11.6. The molecule has 3 amide bonds. The second kappa shape index (κ2) is 17.2. The maximum absolute atomic E-state index is 13.1. The van der Waals surface area contributed by atoms with Gasteiger partial charge < -0.3 is 24.8 Å². The summed E-state index contributed by atoms with van der Waals surface area (Å²) in [4.78, 5) is 38.4. The maximum atomic E-state index is 13.1. The first kappa shape index (κ1) is 36.7. The molecule has 2 N–H and O–H groups in total. The van der Waals surface area contributed by atoms with E-state index in [0.29, 0.717) is 22.6 Å². The predicted molar refractivity (Wildman–Crippen MR) is 183 cm³/mol.